The SMILES string of the molecule is Cc1cc(C)n(-c2ccc(C3CC3)nn2)n1. The molecule has 0 aromatic carbocycles. The van der Waals surface area contributed by atoms with E-state index >= 15 is 0 Å². The van der Waals surface area contributed by atoms with Gasteiger partial charge in [0.2, 0.25) is 0 Å². The fourth-order valence-electron chi connectivity index (χ4n) is 1.91. The molecule has 1 aliphatic carbocycles. The molecular formula is C12H14N4. The van der Waals surface area contributed by atoms with Crippen LogP contribution in [0.3, 0.4) is 0 Å². The third kappa shape index (κ3) is 1.60. The average molecular weight is 214 g/mol. The van der Waals surface area contributed by atoms with Crippen molar-refractivity contribution in [2.24, 2.45) is 0 Å². The smallest absolute Gasteiger partial charge is 0.175 e. The standard InChI is InChI=1S/C12H14N4/c1-8-7-9(2)16(15-8)12-6-5-11(13-14-12)10-3-4-10/h5-7,10H,3-4H2,1-2H3. The van der Waals surface area contributed by atoms with Crippen LogP contribution in [-0.4, -0.2) is 20.0 Å². The highest BCUT2D eigenvalue weighted by Gasteiger charge is 2.25. The van der Waals surface area contributed by atoms with Crippen molar-refractivity contribution in [2.75, 3.05) is 0 Å². The highest BCUT2D eigenvalue weighted by Crippen LogP contribution is 2.38. The van der Waals surface area contributed by atoms with Gasteiger partial charge in [-0.1, -0.05) is 0 Å². The molecule has 2 aromatic rings. The van der Waals surface area contributed by atoms with E-state index in [4.69, 9.17) is 0 Å². The van der Waals surface area contributed by atoms with Crippen molar-refractivity contribution >= 4 is 0 Å². The van der Waals surface area contributed by atoms with Crippen LogP contribution in [-0.2, 0) is 0 Å². The van der Waals surface area contributed by atoms with E-state index in [1.54, 1.807) is 0 Å². The minimum Gasteiger partial charge on any atom is -0.218 e. The van der Waals surface area contributed by atoms with Crippen molar-refractivity contribution in [3.63, 3.8) is 0 Å². The van der Waals surface area contributed by atoms with Gasteiger partial charge in [-0.25, -0.2) is 4.68 Å². The molecule has 82 valence electrons. The molecule has 4 heteroatoms. The first-order chi connectivity index (χ1) is 7.74. The van der Waals surface area contributed by atoms with Gasteiger partial charge in [0.05, 0.1) is 11.4 Å². The van der Waals surface area contributed by atoms with E-state index in [0.717, 1.165) is 22.9 Å². The summed E-state index contributed by atoms with van der Waals surface area (Å²) in [6, 6.07) is 6.10. The van der Waals surface area contributed by atoms with E-state index in [-0.39, 0.29) is 0 Å². The molecule has 3 rings (SSSR count). The van der Waals surface area contributed by atoms with Crippen molar-refractivity contribution in [2.45, 2.75) is 32.6 Å². The first kappa shape index (κ1) is 9.51. The molecule has 2 aromatic heterocycles. The van der Waals surface area contributed by atoms with Crippen LogP contribution < -0.4 is 0 Å². The zero-order valence-electron chi connectivity index (χ0n) is 9.51. The third-order valence-corrected chi connectivity index (χ3v) is 2.89. The molecular weight excluding hydrogens is 200 g/mol. The Morgan fingerprint density at radius 3 is 2.50 bits per heavy atom. The van der Waals surface area contributed by atoms with Crippen LogP contribution in [0.1, 0.15) is 35.8 Å². The Hall–Kier alpha value is -1.71. The Balaban J connectivity index is 1.96. The van der Waals surface area contributed by atoms with Crippen LogP contribution in [0.2, 0.25) is 0 Å². The molecule has 0 spiro atoms. The highest BCUT2D eigenvalue weighted by atomic mass is 15.3. The van der Waals surface area contributed by atoms with E-state index < -0.39 is 0 Å². The summed E-state index contributed by atoms with van der Waals surface area (Å²) in [6.45, 7) is 4.01. The van der Waals surface area contributed by atoms with Crippen LogP contribution in [0, 0.1) is 13.8 Å². The van der Waals surface area contributed by atoms with E-state index in [1.807, 2.05) is 30.7 Å². The fraction of sp³-hybridized carbons (Fsp3) is 0.417. The number of nitrogens with zero attached hydrogens (tertiary/aromatic N) is 4. The van der Waals surface area contributed by atoms with Crippen LogP contribution in [0.15, 0.2) is 18.2 Å². The highest BCUT2D eigenvalue weighted by molar-refractivity contribution is 5.26. The average Bonchev–Trinajstić information content (AvgIpc) is 3.05. The van der Waals surface area contributed by atoms with Gasteiger partial charge in [-0.15, -0.1) is 5.10 Å². The lowest BCUT2D eigenvalue weighted by Gasteiger charge is -2.02. The van der Waals surface area contributed by atoms with E-state index in [2.05, 4.69) is 21.4 Å². The summed E-state index contributed by atoms with van der Waals surface area (Å²) in [5.74, 6) is 1.46. The van der Waals surface area contributed by atoms with Crippen molar-refractivity contribution < 1.29 is 0 Å². The van der Waals surface area contributed by atoms with Crippen LogP contribution in [0.4, 0.5) is 0 Å². The fourth-order valence-corrected chi connectivity index (χ4v) is 1.91. The lowest BCUT2D eigenvalue weighted by Crippen LogP contribution is -2.04. The van der Waals surface area contributed by atoms with Crippen molar-refractivity contribution in [3.05, 3.63) is 35.3 Å². The molecule has 1 saturated carbocycles. The Morgan fingerprint density at radius 1 is 1.19 bits per heavy atom. The van der Waals surface area contributed by atoms with Gasteiger partial charge >= 0.3 is 0 Å². The van der Waals surface area contributed by atoms with Gasteiger partial charge in [-0.2, -0.15) is 10.2 Å². The summed E-state index contributed by atoms with van der Waals surface area (Å²) >= 11 is 0. The van der Waals surface area contributed by atoms with E-state index in [9.17, 15) is 0 Å². The molecule has 0 radical (unpaired) electrons. The number of aryl methyl sites for hydroxylation is 2. The van der Waals surface area contributed by atoms with Crippen molar-refractivity contribution in [1.29, 1.82) is 0 Å². The van der Waals surface area contributed by atoms with Crippen molar-refractivity contribution in [3.8, 4) is 5.82 Å². The summed E-state index contributed by atoms with van der Waals surface area (Å²) in [5.41, 5.74) is 3.21. The molecule has 1 aliphatic rings. The molecule has 0 aliphatic heterocycles. The molecule has 4 nitrogen and oxygen atoms in total. The molecule has 0 N–H and O–H groups in total. The zero-order valence-corrected chi connectivity index (χ0v) is 9.51. The predicted octanol–water partition coefficient (Wildman–Crippen LogP) is 2.16. The van der Waals surface area contributed by atoms with E-state index in [0.29, 0.717) is 5.92 Å². The first-order valence-electron chi connectivity index (χ1n) is 5.61. The lowest BCUT2D eigenvalue weighted by molar-refractivity contribution is 0.768. The number of aromatic nitrogens is 4. The number of hydrogen-bond acceptors (Lipinski definition) is 3. The quantitative estimate of drug-likeness (QED) is 0.769. The Kier molecular flexibility index (Phi) is 2.02. The summed E-state index contributed by atoms with van der Waals surface area (Å²) in [7, 11) is 0. The Morgan fingerprint density at radius 2 is 2.00 bits per heavy atom. The molecule has 0 bridgehead atoms. The Bertz CT molecular complexity index is 508. The van der Waals surface area contributed by atoms with Crippen LogP contribution in [0.25, 0.3) is 5.82 Å². The minimum absolute atomic E-state index is 0.655. The second-order valence-corrected chi connectivity index (χ2v) is 4.43. The summed E-state index contributed by atoms with van der Waals surface area (Å²) in [5, 5.41) is 12.9. The van der Waals surface area contributed by atoms with Crippen molar-refractivity contribution in [1.82, 2.24) is 20.0 Å². The van der Waals surface area contributed by atoms with E-state index in [1.165, 1.54) is 12.8 Å². The molecule has 2 heterocycles. The van der Waals surface area contributed by atoms with Gasteiger partial charge in [-0.05, 0) is 44.9 Å². The Labute approximate surface area is 94.3 Å². The molecule has 0 saturated heterocycles. The maximum Gasteiger partial charge on any atom is 0.175 e. The summed E-state index contributed by atoms with van der Waals surface area (Å²) < 4.78 is 1.83. The maximum atomic E-state index is 4.38. The summed E-state index contributed by atoms with van der Waals surface area (Å²) in [6.07, 6.45) is 2.52. The normalized spacial score (nSPS) is 15.4. The topological polar surface area (TPSA) is 43.6 Å². The molecule has 16 heavy (non-hydrogen) atoms. The van der Waals surface area contributed by atoms with Gasteiger partial charge in [0, 0.05) is 11.6 Å². The number of rotatable bonds is 2. The van der Waals surface area contributed by atoms with Gasteiger partial charge in [0.25, 0.3) is 0 Å². The van der Waals surface area contributed by atoms with Crippen LogP contribution in [0.5, 0.6) is 0 Å². The van der Waals surface area contributed by atoms with Gasteiger partial charge in [0.15, 0.2) is 5.82 Å². The lowest BCUT2D eigenvalue weighted by atomic mass is 10.3. The largest absolute Gasteiger partial charge is 0.218 e. The predicted molar refractivity (Wildman–Crippen MR) is 60.6 cm³/mol. The molecule has 0 unspecified atom stereocenters. The van der Waals surface area contributed by atoms with Crippen LogP contribution >= 0.6 is 0 Å². The zero-order chi connectivity index (χ0) is 11.1. The molecule has 1 fully saturated rings. The second-order valence-electron chi connectivity index (χ2n) is 4.43. The maximum absolute atomic E-state index is 4.38. The monoisotopic (exact) mass is 214 g/mol. The minimum atomic E-state index is 0.655. The van der Waals surface area contributed by atoms with Gasteiger partial charge < -0.3 is 0 Å². The first-order valence-corrected chi connectivity index (χ1v) is 5.61. The second kappa shape index (κ2) is 3.40. The third-order valence-electron chi connectivity index (χ3n) is 2.89. The number of hydrogen-bond donors (Lipinski definition) is 0. The summed E-state index contributed by atoms with van der Waals surface area (Å²) in [4.78, 5) is 0. The van der Waals surface area contributed by atoms with Gasteiger partial charge in [-0.3, -0.25) is 0 Å². The molecule has 0 atom stereocenters. The molecule has 0 amide bonds. The van der Waals surface area contributed by atoms with Gasteiger partial charge in [0.1, 0.15) is 0 Å².